The number of nitrogens with zero attached hydrogens (tertiary/aromatic N) is 2. The molecule has 0 saturated carbocycles. The van der Waals surface area contributed by atoms with E-state index in [1.807, 2.05) is 11.0 Å². The van der Waals surface area contributed by atoms with Gasteiger partial charge in [-0.05, 0) is 31.6 Å². The summed E-state index contributed by atoms with van der Waals surface area (Å²) >= 11 is 0. The summed E-state index contributed by atoms with van der Waals surface area (Å²) in [6.07, 6.45) is 1.16. The Morgan fingerprint density at radius 2 is 2.06 bits per heavy atom. The van der Waals surface area contributed by atoms with Crippen molar-refractivity contribution in [3.8, 4) is 0 Å². The van der Waals surface area contributed by atoms with Crippen LogP contribution in [-0.4, -0.2) is 37.5 Å². The van der Waals surface area contributed by atoms with Crippen LogP contribution in [0.2, 0.25) is 0 Å². The number of hydrogen-bond acceptors (Lipinski definition) is 2. The zero-order valence-corrected chi connectivity index (χ0v) is 10.4. The minimum absolute atomic E-state index is 0.156. The topological polar surface area (TPSA) is 23.6 Å². The van der Waals surface area contributed by atoms with Crippen LogP contribution in [-0.2, 0) is 10.2 Å². The highest BCUT2D eigenvalue weighted by molar-refractivity contribution is 5.94. The fraction of sp³-hybridized carbons (Fsp3) is 0.500. The number of hydrogen-bond donors (Lipinski definition) is 0. The van der Waals surface area contributed by atoms with Crippen molar-refractivity contribution in [3.63, 3.8) is 0 Å². The van der Waals surface area contributed by atoms with E-state index in [4.69, 9.17) is 0 Å². The highest BCUT2D eigenvalue weighted by Crippen LogP contribution is 2.45. The molecule has 3 nitrogen and oxygen atoms in total. The van der Waals surface area contributed by atoms with Gasteiger partial charge in [0, 0.05) is 31.1 Å². The summed E-state index contributed by atoms with van der Waals surface area (Å²) in [6, 6.07) is 8.37. The molecule has 1 fully saturated rings. The molecule has 1 aromatic rings. The lowest BCUT2D eigenvalue weighted by molar-refractivity contribution is -0.116. The number of amides is 1. The molecule has 2 aliphatic heterocycles. The Kier molecular flexibility index (Phi) is 2.26. The molecule has 0 radical (unpaired) electrons. The number of benzene rings is 1. The number of carbonyl (C=O) groups excluding carboxylic acids is 1. The first kappa shape index (κ1) is 10.8. The molecule has 3 heteroatoms. The van der Waals surface area contributed by atoms with Gasteiger partial charge < -0.3 is 9.80 Å². The van der Waals surface area contributed by atoms with Crippen LogP contribution in [0.25, 0.3) is 0 Å². The normalized spacial score (nSPS) is 27.8. The molecule has 2 aliphatic rings. The molecule has 1 amide bonds. The van der Waals surface area contributed by atoms with Gasteiger partial charge >= 0.3 is 0 Å². The first-order valence-electron chi connectivity index (χ1n) is 6.19. The van der Waals surface area contributed by atoms with Crippen LogP contribution in [0.5, 0.6) is 0 Å². The molecular formula is C14H18N2O. The quantitative estimate of drug-likeness (QED) is 0.676. The van der Waals surface area contributed by atoms with Crippen LogP contribution in [0.4, 0.5) is 5.69 Å². The molecule has 3 rings (SSSR count). The maximum atomic E-state index is 11.7. The van der Waals surface area contributed by atoms with E-state index in [1.54, 1.807) is 6.92 Å². The van der Waals surface area contributed by atoms with Crippen molar-refractivity contribution >= 4 is 11.6 Å². The molecule has 0 unspecified atom stereocenters. The Bertz CT molecular complexity index is 471. The minimum Gasteiger partial charge on any atom is -0.311 e. The predicted octanol–water partition coefficient (Wildman–Crippen LogP) is 1.63. The van der Waals surface area contributed by atoms with Gasteiger partial charge in [-0.25, -0.2) is 0 Å². The third-order valence-corrected chi connectivity index (χ3v) is 4.15. The van der Waals surface area contributed by atoms with Crippen LogP contribution in [0.3, 0.4) is 0 Å². The number of anilines is 1. The van der Waals surface area contributed by atoms with Gasteiger partial charge in [0.15, 0.2) is 0 Å². The summed E-state index contributed by atoms with van der Waals surface area (Å²) in [5, 5.41) is 0. The van der Waals surface area contributed by atoms with Crippen molar-refractivity contribution < 1.29 is 4.79 Å². The first-order valence-corrected chi connectivity index (χ1v) is 6.19. The van der Waals surface area contributed by atoms with E-state index in [0.29, 0.717) is 0 Å². The number of carbonyl (C=O) groups is 1. The number of para-hydroxylation sites is 1. The Labute approximate surface area is 102 Å². The summed E-state index contributed by atoms with van der Waals surface area (Å²) in [4.78, 5) is 16.0. The van der Waals surface area contributed by atoms with Gasteiger partial charge in [0.2, 0.25) is 5.91 Å². The van der Waals surface area contributed by atoms with Gasteiger partial charge in [-0.1, -0.05) is 18.2 Å². The molecule has 0 aromatic heterocycles. The summed E-state index contributed by atoms with van der Waals surface area (Å²) in [7, 11) is 2.16. The third kappa shape index (κ3) is 1.49. The predicted molar refractivity (Wildman–Crippen MR) is 68.3 cm³/mol. The smallest absolute Gasteiger partial charge is 0.223 e. The van der Waals surface area contributed by atoms with Crippen LogP contribution >= 0.6 is 0 Å². The highest BCUT2D eigenvalue weighted by atomic mass is 16.2. The van der Waals surface area contributed by atoms with Crippen LogP contribution < -0.4 is 4.90 Å². The van der Waals surface area contributed by atoms with E-state index in [-0.39, 0.29) is 11.3 Å². The Morgan fingerprint density at radius 1 is 1.29 bits per heavy atom. The summed E-state index contributed by atoms with van der Waals surface area (Å²) in [5.74, 6) is 0.156. The first-order chi connectivity index (χ1) is 8.12. The molecule has 1 spiro atoms. The van der Waals surface area contributed by atoms with Gasteiger partial charge in [0.05, 0.1) is 0 Å². The molecule has 1 atom stereocenters. The Hall–Kier alpha value is -1.35. The summed E-state index contributed by atoms with van der Waals surface area (Å²) in [6.45, 7) is 4.70. The second-order valence-electron chi connectivity index (χ2n) is 5.39. The highest BCUT2D eigenvalue weighted by Gasteiger charge is 2.47. The van der Waals surface area contributed by atoms with E-state index in [2.05, 4.69) is 30.1 Å². The molecule has 0 aliphatic carbocycles. The fourth-order valence-corrected chi connectivity index (χ4v) is 3.34. The minimum atomic E-state index is 0.156. The van der Waals surface area contributed by atoms with E-state index in [9.17, 15) is 4.79 Å². The van der Waals surface area contributed by atoms with Crippen LogP contribution in [0.1, 0.15) is 18.9 Å². The van der Waals surface area contributed by atoms with Gasteiger partial charge in [-0.2, -0.15) is 0 Å². The van der Waals surface area contributed by atoms with E-state index in [1.165, 1.54) is 5.56 Å². The average molecular weight is 230 g/mol. The zero-order chi connectivity index (χ0) is 12.0. The van der Waals surface area contributed by atoms with Crippen molar-refractivity contribution in [2.24, 2.45) is 0 Å². The van der Waals surface area contributed by atoms with Gasteiger partial charge in [0.25, 0.3) is 0 Å². The maximum absolute atomic E-state index is 11.7. The molecular weight excluding hydrogens is 212 g/mol. The lowest BCUT2D eigenvalue weighted by atomic mass is 9.82. The van der Waals surface area contributed by atoms with E-state index in [0.717, 1.165) is 31.7 Å². The average Bonchev–Trinajstić information content (AvgIpc) is 2.83. The van der Waals surface area contributed by atoms with Crippen LogP contribution in [0, 0.1) is 0 Å². The van der Waals surface area contributed by atoms with Crippen molar-refractivity contribution in [2.45, 2.75) is 18.8 Å². The third-order valence-electron chi connectivity index (χ3n) is 4.15. The van der Waals surface area contributed by atoms with Gasteiger partial charge in [-0.15, -0.1) is 0 Å². The van der Waals surface area contributed by atoms with Crippen molar-refractivity contribution in [3.05, 3.63) is 29.8 Å². The van der Waals surface area contributed by atoms with Gasteiger partial charge in [-0.3, -0.25) is 4.79 Å². The lowest BCUT2D eigenvalue weighted by Crippen LogP contribution is -2.37. The summed E-state index contributed by atoms with van der Waals surface area (Å²) in [5.41, 5.74) is 2.66. The van der Waals surface area contributed by atoms with Crippen LogP contribution in [0.15, 0.2) is 24.3 Å². The maximum Gasteiger partial charge on any atom is 0.223 e. The molecule has 1 saturated heterocycles. The number of fused-ring (bicyclic) bond motifs is 2. The van der Waals surface area contributed by atoms with Crippen molar-refractivity contribution in [2.75, 3.05) is 31.6 Å². The molecule has 0 bridgehead atoms. The number of likely N-dealkylation sites (N-methyl/N-ethyl adjacent to an activating group) is 1. The second kappa shape index (κ2) is 3.57. The summed E-state index contributed by atoms with van der Waals surface area (Å²) < 4.78 is 0. The zero-order valence-electron chi connectivity index (χ0n) is 10.4. The van der Waals surface area contributed by atoms with E-state index >= 15 is 0 Å². The Balaban J connectivity index is 2.08. The standard InChI is InChI=1S/C14H18N2O/c1-11(17)16-10-14(7-8-15(2)9-14)12-5-3-4-6-13(12)16/h3-6H,7-10H2,1-2H3/t14-/m1/s1. The van der Waals surface area contributed by atoms with Gasteiger partial charge in [0.1, 0.15) is 0 Å². The largest absolute Gasteiger partial charge is 0.311 e. The number of likely N-dealkylation sites (tertiary alicyclic amines) is 1. The SMILES string of the molecule is CC(=O)N1C[C@]2(CCN(C)C2)c2ccccc21. The molecule has 1 aromatic carbocycles. The molecule has 2 heterocycles. The number of rotatable bonds is 0. The molecule has 17 heavy (non-hydrogen) atoms. The lowest BCUT2D eigenvalue weighted by Gasteiger charge is -2.24. The van der Waals surface area contributed by atoms with E-state index < -0.39 is 0 Å². The van der Waals surface area contributed by atoms with Crippen molar-refractivity contribution in [1.82, 2.24) is 4.90 Å². The second-order valence-corrected chi connectivity index (χ2v) is 5.39. The fourth-order valence-electron chi connectivity index (χ4n) is 3.34. The van der Waals surface area contributed by atoms with Crippen molar-refractivity contribution in [1.29, 1.82) is 0 Å². The molecule has 90 valence electrons. The molecule has 0 N–H and O–H groups in total. The Morgan fingerprint density at radius 3 is 2.71 bits per heavy atom. The monoisotopic (exact) mass is 230 g/mol.